The summed E-state index contributed by atoms with van der Waals surface area (Å²) in [6.45, 7) is 9.89. The lowest BCUT2D eigenvalue weighted by Gasteiger charge is -2.21. The van der Waals surface area contributed by atoms with E-state index in [1.165, 1.54) is 16.6 Å². The summed E-state index contributed by atoms with van der Waals surface area (Å²) in [5, 5.41) is 4.05. The summed E-state index contributed by atoms with van der Waals surface area (Å²) < 4.78 is 10.8. The molecule has 0 aliphatic carbocycles. The molecule has 0 spiro atoms. The molecular weight excluding hydrogens is 316 g/mol. The molecule has 0 bridgehead atoms. The minimum absolute atomic E-state index is 0.388. The molecule has 2 N–H and O–H groups in total. The zero-order chi connectivity index (χ0) is 18.0. The van der Waals surface area contributed by atoms with Gasteiger partial charge in [0, 0.05) is 42.3 Å². The monoisotopic (exact) mass is 344 g/mol. The van der Waals surface area contributed by atoms with Gasteiger partial charge in [0.05, 0.1) is 0 Å². The Morgan fingerprint density at radius 3 is 2.72 bits per heavy atom. The topological polar surface area (TPSA) is 63.3 Å². The van der Waals surface area contributed by atoms with Gasteiger partial charge >= 0.3 is 6.09 Å². The fourth-order valence-electron chi connectivity index (χ4n) is 3.39. The highest BCUT2D eigenvalue weighted by atomic mass is 16.6. The van der Waals surface area contributed by atoms with E-state index in [1.54, 1.807) is 0 Å². The molecule has 1 amide bonds. The number of benzene rings is 1. The fourth-order valence-corrected chi connectivity index (χ4v) is 3.39. The lowest BCUT2D eigenvalue weighted by Crippen LogP contribution is -2.32. The van der Waals surface area contributed by atoms with Crippen molar-refractivity contribution < 1.29 is 14.3 Å². The van der Waals surface area contributed by atoms with Crippen molar-refractivity contribution in [3.05, 3.63) is 35.0 Å². The molecule has 2 heterocycles. The molecule has 0 saturated carbocycles. The summed E-state index contributed by atoms with van der Waals surface area (Å²) in [4.78, 5) is 15.4. The molecule has 1 fully saturated rings. The van der Waals surface area contributed by atoms with Crippen LogP contribution < -0.4 is 5.32 Å². The minimum atomic E-state index is -0.482. The van der Waals surface area contributed by atoms with Gasteiger partial charge in [0.2, 0.25) is 0 Å². The summed E-state index contributed by atoms with van der Waals surface area (Å²) in [6.07, 6.45) is 1.75. The number of ether oxygens (including phenoxy) is 2. The maximum absolute atomic E-state index is 11.8. The number of nitrogens with one attached hydrogen (secondary N) is 2. The Hall–Kier alpha value is -2.01. The second kappa shape index (κ2) is 7.08. The van der Waals surface area contributed by atoms with Gasteiger partial charge in [0.15, 0.2) is 0 Å². The van der Waals surface area contributed by atoms with E-state index < -0.39 is 5.60 Å². The molecule has 2 aromatic rings. The first kappa shape index (κ1) is 17.8. The van der Waals surface area contributed by atoms with Crippen LogP contribution in [0.4, 0.5) is 4.79 Å². The van der Waals surface area contributed by atoms with Gasteiger partial charge < -0.3 is 19.8 Å². The van der Waals surface area contributed by atoms with Crippen molar-refractivity contribution in [2.45, 2.75) is 58.6 Å². The maximum Gasteiger partial charge on any atom is 0.407 e. The number of aromatic amines is 1. The highest BCUT2D eigenvalue weighted by Crippen LogP contribution is 2.33. The molecule has 3 rings (SSSR count). The summed E-state index contributed by atoms with van der Waals surface area (Å²) in [5.74, 6) is 0.546. The number of hydrogen-bond acceptors (Lipinski definition) is 3. The molecular formula is C20H28N2O3. The molecule has 25 heavy (non-hydrogen) atoms. The largest absolute Gasteiger partial charge is 0.444 e. The van der Waals surface area contributed by atoms with Crippen LogP contribution >= 0.6 is 0 Å². The zero-order valence-electron chi connectivity index (χ0n) is 15.6. The smallest absolute Gasteiger partial charge is 0.407 e. The van der Waals surface area contributed by atoms with E-state index in [0.29, 0.717) is 12.5 Å². The van der Waals surface area contributed by atoms with Gasteiger partial charge in [-0.2, -0.15) is 0 Å². The molecule has 1 saturated heterocycles. The van der Waals surface area contributed by atoms with Crippen LogP contribution in [0.15, 0.2) is 18.2 Å². The molecule has 136 valence electrons. The summed E-state index contributed by atoms with van der Waals surface area (Å²) in [6, 6.07) is 6.29. The van der Waals surface area contributed by atoms with Gasteiger partial charge in [-0.3, -0.25) is 0 Å². The van der Waals surface area contributed by atoms with Crippen molar-refractivity contribution in [1.29, 1.82) is 0 Å². The van der Waals surface area contributed by atoms with E-state index in [4.69, 9.17) is 9.47 Å². The van der Waals surface area contributed by atoms with E-state index in [9.17, 15) is 4.79 Å². The minimum Gasteiger partial charge on any atom is -0.444 e. The molecule has 0 atom stereocenters. The van der Waals surface area contributed by atoms with Crippen molar-refractivity contribution >= 4 is 17.0 Å². The van der Waals surface area contributed by atoms with Crippen LogP contribution in [0.1, 0.15) is 56.4 Å². The Labute approximate surface area is 149 Å². The SMILES string of the molecule is Cc1c(C2CCOCC2)[nH]c2ccc(CNC(=O)OC(C)(C)C)cc12. The van der Waals surface area contributed by atoms with Gasteiger partial charge in [-0.15, -0.1) is 0 Å². The standard InChI is InChI=1S/C20H28N2O3/c1-13-16-11-14(12-21-19(23)25-20(2,3)4)5-6-17(16)22-18(13)15-7-9-24-10-8-15/h5-6,11,15,22H,7-10,12H2,1-4H3,(H,21,23). The Kier molecular flexibility index (Phi) is 5.04. The zero-order valence-corrected chi connectivity index (χ0v) is 15.6. The number of amides is 1. The third kappa shape index (κ3) is 4.34. The quantitative estimate of drug-likeness (QED) is 0.868. The number of alkyl carbamates (subject to hydrolysis) is 1. The molecule has 5 heteroatoms. The predicted octanol–water partition coefficient (Wildman–Crippen LogP) is 4.40. The summed E-state index contributed by atoms with van der Waals surface area (Å²) in [5.41, 5.74) is 4.37. The van der Waals surface area contributed by atoms with Crippen LogP contribution in [0.25, 0.3) is 10.9 Å². The average molecular weight is 344 g/mol. The number of H-pyrrole nitrogens is 1. The number of fused-ring (bicyclic) bond motifs is 1. The van der Waals surface area contributed by atoms with E-state index in [1.807, 2.05) is 26.8 Å². The molecule has 1 aliphatic rings. The predicted molar refractivity (Wildman–Crippen MR) is 98.9 cm³/mol. The van der Waals surface area contributed by atoms with Crippen molar-refractivity contribution in [2.75, 3.05) is 13.2 Å². The number of hydrogen-bond donors (Lipinski definition) is 2. The number of aromatic nitrogens is 1. The molecule has 1 aliphatic heterocycles. The fraction of sp³-hybridized carbons (Fsp3) is 0.550. The van der Waals surface area contributed by atoms with Crippen molar-refractivity contribution in [3.8, 4) is 0 Å². The molecule has 5 nitrogen and oxygen atoms in total. The van der Waals surface area contributed by atoms with Crippen LogP contribution in [0.3, 0.4) is 0 Å². The van der Waals surface area contributed by atoms with Crippen LogP contribution in [-0.2, 0) is 16.0 Å². The van der Waals surface area contributed by atoms with E-state index in [0.717, 1.165) is 37.1 Å². The second-order valence-corrected chi connectivity index (χ2v) is 7.79. The van der Waals surface area contributed by atoms with E-state index in [2.05, 4.69) is 29.4 Å². The lowest BCUT2D eigenvalue weighted by atomic mass is 9.93. The first-order chi connectivity index (χ1) is 11.8. The Bertz CT molecular complexity index is 752. The number of carbonyl (C=O) groups excluding carboxylic acids is 1. The highest BCUT2D eigenvalue weighted by molar-refractivity contribution is 5.85. The van der Waals surface area contributed by atoms with Gasteiger partial charge in [-0.1, -0.05) is 6.07 Å². The summed E-state index contributed by atoms with van der Waals surface area (Å²) >= 11 is 0. The normalized spacial score (nSPS) is 16.2. The van der Waals surface area contributed by atoms with Gasteiger partial charge in [0.1, 0.15) is 5.60 Å². The van der Waals surface area contributed by atoms with Crippen molar-refractivity contribution in [2.24, 2.45) is 0 Å². The van der Waals surface area contributed by atoms with Crippen LogP contribution in [0.2, 0.25) is 0 Å². The molecule has 1 aromatic heterocycles. The highest BCUT2D eigenvalue weighted by Gasteiger charge is 2.21. The third-order valence-corrected chi connectivity index (χ3v) is 4.63. The Balaban J connectivity index is 1.73. The molecule has 0 radical (unpaired) electrons. The van der Waals surface area contributed by atoms with Gasteiger partial charge in [-0.25, -0.2) is 4.79 Å². The number of carbonyl (C=O) groups is 1. The van der Waals surface area contributed by atoms with Crippen LogP contribution in [-0.4, -0.2) is 29.9 Å². The number of aryl methyl sites for hydroxylation is 1. The summed E-state index contributed by atoms with van der Waals surface area (Å²) in [7, 11) is 0. The Morgan fingerprint density at radius 1 is 1.32 bits per heavy atom. The van der Waals surface area contributed by atoms with Crippen molar-refractivity contribution in [3.63, 3.8) is 0 Å². The molecule has 1 aromatic carbocycles. The van der Waals surface area contributed by atoms with Crippen molar-refractivity contribution in [1.82, 2.24) is 10.3 Å². The first-order valence-corrected chi connectivity index (χ1v) is 8.99. The molecule has 0 unspecified atom stereocenters. The number of rotatable bonds is 3. The maximum atomic E-state index is 11.8. The van der Waals surface area contributed by atoms with Crippen LogP contribution in [0, 0.1) is 6.92 Å². The second-order valence-electron chi connectivity index (χ2n) is 7.79. The van der Waals surface area contributed by atoms with Crippen LogP contribution in [0.5, 0.6) is 0 Å². The van der Waals surface area contributed by atoms with Gasteiger partial charge in [-0.05, 0) is 63.8 Å². The lowest BCUT2D eigenvalue weighted by molar-refractivity contribution is 0.0523. The van der Waals surface area contributed by atoms with E-state index >= 15 is 0 Å². The van der Waals surface area contributed by atoms with E-state index in [-0.39, 0.29) is 6.09 Å². The third-order valence-electron chi connectivity index (χ3n) is 4.63. The van der Waals surface area contributed by atoms with Gasteiger partial charge in [0.25, 0.3) is 0 Å². The average Bonchev–Trinajstić information content (AvgIpc) is 2.89. The first-order valence-electron chi connectivity index (χ1n) is 8.99. The Morgan fingerprint density at radius 2 is 2.04 bits per heavy atom.